The van der Waals surface area contributed by atoms with E-state index < -0.39 is 0 Å². The third kappa shape index (κ3) is 7.10. The molecule has 1 saturated heterocycles. The quantitative estimate of drug-likeness (QED) is 0.346. The third-order valence-corrected chi connectivity index (χ3v) is 7.82. The van der Waals surface area contributed by atoms with Crippen LogP contribution in [-0.2, 0) is 9.53 Å². The van der Waals surface area contributed by atoms with Gasteiger partial charge in [-0.1, -0.05) is 35.9 Å². The highest BCUT2D eigenvalue weighted by Crippen LogP contribution is 2.34. The summed E-state index contributed by atoms with van der Waals surface area (Å²) in [6, 6.07) is 21.7. The molecule has 0 N–H and O–H groups in total. The maximum absolute atomic E-state index is 14.0. The van der Waals surface area contributed by atoms with Crippen molar-refractivity contribution in [3.8, 4) is 11.5 Å². The number of nitrogens with zero attached hydrogens (tertiary/aromatic N) is 4. The van der Waals surface area contributed by atoms with Gasteiger partial charge in [-0.25, -0.2) is 5.01 Å². The van der Waals surface area contributed by atoms with Crippen molar-refractivity contribution in [2.75, 3.05) is 60.2 Å². The van der Waals surface area contributed by atoms with Crippen molar-refractivity contribution < 1.29 is 23.8 Å². The van der Waals surface area contributed by atoms with Crippen molar-refractivity contribution in [1.82, 2.24) is 14.8 Å². The van der Waals surface area contributed by atoms with Crippen molar-refractivity contribution in [2.24, 2.45) is 5.10 Å². The Morgan fingerprint density at radius 1 is 0.976 bits per heavy atom. The fourth-order valence-corrected chi connectivity index (χ4v) is 5.28. The molecule has 0 unspecified atom stereocenters. The molecular weight excluding hydrogens is 556 g/mol. The predicted molar refractivity (Wildman–Crippen MR) is 161 cm³/mol. The molecule has 42 heavy (non-hydrogen) atoms. The Morgan fingerprint density at radius 2 is 1.69 bits per heavy atom. The number of hydrogen-bond donors (Lipinski definition) is 0. The Kier molecular flexibility index (Phi) is 9.74. The van der Waals surface area contributed by atoms with E-state index in [2.05, 4.69) is 4.90 Å². The van der Waals surface area contributed by atoms with E-state index >= 15 is 0 Å². The SMILES string of the molecule is COc1ccc(C(=O)N(CCN2CCOCC2)CC(=O)N2N=C(c3cccc(OC)c3)C[C@@H]2c2ccc(Cl)cc2)cc1. The van der Waals surface area contributed by atoms with Crippen molar-refractivity contribution >= 4 is 29.1 Å². The van der Waals surface area contributed by atoms with Crippen LogP contribution in [0, 0.1) is 0 Å². The van der Waals surface area contributed by atoms with Gasteiger partial charge in [0.2, 0.25) is 0 Å². The number of carbonyl (C=O) groups excluding carboxylic acids is 2. The molecule has 0 aliphatic carbocycles. The number of carbonyl (C=O) groups is 2. The second-order valence-corrected chi connectivity index (χ2v) is 10.6. The van der Waals surface area contributed by atoms with Gasteiger partial charge in [0.1, 0.15) is 18.0 Å². The standard InChI is InChI=1S/C32H35ClN4O5/c1-40-27-12-8-24(9-13-27)32(39)36(15-14-35-16-18-42-19-17-35)22-31(38)37-30(23-6-10-26(33)11-7-23)21-29(34-37)25-4-3-5-28(20-25)41-2/h3-13,20,30H,14-19,21-22H2,1-2H3/t30-/m1/s1. The molecule has 0 spiro atoms. The summed E-state index contributed by atoms with van der Waals surface area (Å²) in [7, 11) is 3.20. The first-order valence-corrected chi connectivity index (χ1v) is 14.4. The lowest BCUT2D eigenvalue weighted by Crippen LogP contribution is -2.46. The van der Waals surface area contributed by atoms with E-state index in [9.17, 15) is 9.59 Å². The van der Waals surface area contributed by atoms with E-state index in [1.807, 2.05) is 48.5 Å². The minimum Gasteiger partial charge on any atom is -0.497 e. The number of morpholine rings is 1. The smallest absolute Gasteiger partial charge is 0.262 e. The van der Waals surface area contributed by atoms with Crippen molar-refractivity contribution in [2.45, 2.75) is 12.5 Å². The van der Waals surface area contributed by atoms with Crippen LogP contribution in [0.5, 0.6) is 11.5 Å². The number of hydrazone groups is 1. The normalized spacial score (nSPS) is 17.1. The van der Waals surface area contributed by atoms with Gasteiger partial charge in [0.25, 0.3) is 11.8 Å². The maximum Gasteiger partial charge on any atom is 0.262 e. The molecule has 3 aromatic rings. The third-order valence-electron chi connectivity index (χ3n) is 7.56. The molecule has 0 radical (unpaired) electrons. The zero-order valence-electron chi connectivity index (χ0n) is 23.9. The highest BCUT2D eigenvalue weighted by Gasteiger charge is 2.35. The van der Waals surface area contributed by atoms with Crippen LogP contribution in [0.4, 0.5) is 0 Å². The Balaban J connectivity index is 1.41. The number of benzene rings is 3. The zero-order chi connectivity index (χ0) is 29.5. The number of ether oxygens (including phenoxy) is 3. The molecular formula is C32H35ClN4O5. The van der Waals surface area contributed by atoms with E-state index in [0.717, 1.165) is 29.9 Å². The van der Waals surface area contributed by atoms with Gasteiger partial charge in [-0.2, -0.15) is 5.10 Å². The first kappa shape index (κ1) is 29.6. The Hall–Kier alpha value is -3.92. The van der Waals surface area contributed by atoms with Crippen LogP contribution in [0.25, 0.3) is 0 Å². The molecule has 10 heteroatoms. The fraction of sp³-hybridized carbons (Fsp3) is 0.344. The van der Waals surface area contributed by atoms with Crippen LogP contribution in [-0.4, -0.2) is 92.5 Å². The van der Waals surface area contributed by atoms with Gasteiger partial charge in [0.05, 0.1) is 39.2 Å². The van der Waals surface area contributed by atoms with E-state index in [4.69, 9.17) is 30.9 Å². The molecule has 1 atom stereocenters. The molecule has 9 nitrogen and oxygen atoms in total. The van der Waals surface area contributed by atoms with E-state index in [-0.39, 0.29) is 24.4 Å². The van der Waals surface area contributed by atoms with Crippen LogP contribution < -0.4 is 9.47 Å². The number of methoxy groups -OCH3 is 2. The number of amides is 2. The van der Waals surface area contributed by atoms with E-state index in [1.54, 1.807) is 43.4 Å². The summed E-state index contributed by atoms with van der Waals surface area (Å²) in [4.78, 5) is 31.6. The van der Waals surface area contributed by atoms with Gasteiger partial charge in [-0.15, -0.1) is 0 Å². The van der Waals surface area contributed by atoms with Crippen molar-refractivity contribution in [1.29, 1.82) is 0 Å². The van der Waals surface area contributed by atoms with Gasteiger partial charge in [-0.05, 0) is 54.1 Å². The molecule has 2 amide bonds. The van der Waals surface area contributed by atoms with Crippen LogP contribution in [0.3, 0.4) is 0 Å². The summed E-state index contributed by atoms with van der Waals surface area (Å²) in [5.74, 6) is 0.877. The van der Waals surface area contributed by atoms with Crippen LogP contribution in [0.1, 0.15) is 33.9 Å². The lowest BCUT2D eigenvalue weighted by Gasteiger charge is -2.31. The number of hydrogen-bond acceptors (Lipinski definition) is 7. The van der Waals surface area contributed by atoms with Crippen molar-refractivity contribution in [3.63, 3.8) is 0 Å². The molecule has 0 saturated carbocycles. The highest BCUT2D eigenvalue weighted by molar-refractivity contribution is 6.30. The van der Waals surface area contributed by atoms with Gasteiger partial charge < -0.3 is 19.1 Å². The summed E-state index contributed by atoms with van der Waals surface area (Å²) in [6.45, 7) is 3.80. The minimum absolute atomic E-state index is 0.117. The maximum atomic E-state index is 14.0. The molecule has 0 bridgehead atoms. The Morgan fingerprint density at radius 3 is 2.38 bits per heavy atom. The van der Waals surface area contributed by atoms with Gasteiger partial charge in [0.15, 0.2) is 0 Å². The number of rotatable bonds is 10. The van der Waals surface area contributed by atoms with Crippen LogP contribution in [0.15, 0.2) is 77.9 Å². The second-order valence-electron chi connectivity index (χ2n) is 10.2. The Bertz CT molecular complexity index is 1410. The van der Waals surface area contributed by atoms with Crippen LogP contribution in [0.2, 0.25) is 5.02 Å². The molecule has 1 fully saturated rings. The molecule has 5 rings (SSSR count). The molecule has 2 aliphatic rings. The van der Waals surface area contributed by atoms with E-state index in [1.165, 1.54) is 5.01 Å². The topological polar surface area (TPSA) is 83.9 Å². The van der Waals surface area contributed by atoms with Gasteiger partial charge >= 0.3 is 0 Å². The monoisotopic (exact) mass is 590 g/mol. The molecule has 2 heterocycles. The highest BCUT2D eigenvalue weighted by atomic mass is 35.5. The molecule has 0 aromatic heterocycles. The van der Waals surface area contributed by atoms with E-state index in [0.29, 0.717) is 54.8 Å². The minimum atomic E-state index is -0.340. The zero-order valence-corrected chi connectivity index (χ0v) is 24.6. The lowest BCUT2D eigenvalue weighted by molar-refractivity contribution is -0.133. The first-order chi connectivity index (χ1) is 20.4. The second kappa shape index (κ2) is 13.8. The average molecular weight is 591 g/mol. The van der Waals surface area contributed by atoms with Gasteiger partial charge in [0, 0.05) is 48.7 Å². The largest absolute Gasteiger partial charge is 0.497 e. The van der Waals surface area contributed by atoms with Crippen molar-refractivity contribution in [3.05, 3.63) is 94.5 Å². The van der Waals surface area contributed by atoms with Crippen LogP contribution >= 0.6 is 11.6 Å². The predicted octanol–water partition coefficient (Wildman–Crippen LogP) is 4.51. The summed E-state index contributed by atoms with van der Waals surface area (Å²) in [6.07, 6.45) is 0.515. The summed E-state index contributed by atoms with van der Waals surface area (Å²) in [5, 5.41) is 6.93. The summed E-state index contributed by atoms with van der Waals surface area (Å²) < 4.78 is 16.1. The summed E-state index contributed by atoms with van der Waals surface area (Å²) in [5.41, 5.74) is 3.04. The molecule has 3 aromatic carbocycles. The van der Waals surface area contributed by atoms with Gasteiger partial charge in [-0.3, -0.25) is 14.5 Å². The summed E-state index contributed by atoms with van der Waals surface area (Å²) >= 11 is 6.17. The molecule has 220 valence electrons. The average Bonchev–Trinajstić information content (AvgIpc) is 3.49. The first-order valence-electron chi connectivity index (χ1n) is 14.0. The molecule has 2 aliphatic heterocycles. The lowest BCUT2D eigenvalue weighted by atomic mass is 9.98. The number of halogens is 1. The Labute approximate surface area is 251 Å². The fourth-order valence-electron chi connectivity index (χ4n) is 5.15.